The second-order valence-corrected chi connectivity index (χ2v) is 9.25. The molecule has 0 aliphatic heterocycles. The van der Waals surface area contributed by atoms with Gasteiger partial charge in [0.05, 0.1) is 23.8 Å². The van der Waals surface area contributed by atoms with Crippen molar-refractivity contribution in [2.24, 2.45) is 0 Å². The number of ether oxygens (including phenoxy) is 1. The van der Waals surface area contributed by atoms with Gasteiger partial charge in [0.25, 0.3) is 5.91 Å². The molecule has 1 saturated carbocycles. The van der Waals surface area contributed by atoms with Crippen LogP contribution in [0.25, 0.3) is 16.6 Å². The number of nitrogens with zero attached hydrogens (tertiary/aromatic N) is 3. The highest BCUT2D eigenvalue weighted by atomic mass is 19.4. The SMILES string of the molecule is COc1ccc2c(c1)cc(C#N)n2-c1ccc(CNC(=O)C2(NC(=O)c3cncc(C(F)(F)F)c3)CC2)cc1. The minimum absolute atomic E-state index is 0.177. The van der Waals surface area contributed by atoms with E-state index in [1.807, 2.05) is 47.0 Å². The Balaban J connectivity index is 1.25. The van der Waals surface area contributed by atoms with Crippen LogP contribution in [0, 0.1) is 11.3 Å². The van der Waals surface area contributed by atoms with Gasteiger partial charge in [-0.15, -0.1) is 0 Å². The number of benzene rings is 2. The summed E-state index contributed by atoms with van der Waals surface area (Å²) >= 11 is 0. The fraction of sp³-hybridized carbons (Fsp3) is 0.214. The summed E-state index contributed by atoms with van der Waals surface area (Å²) in [5.41, 5.74) is 0.375. The molecule has 1 fully saturated rings. The van der Waals surface area contributed by atoms with Crippen LogP contribution in [-0.2, 0) is 17.5 Å². The number of hydrogen-bond donors (Lipinski definition) is 2. The van der Waals surface area contributed by atoms with Gasteiger partial charge in [-0.3, -0.25) is 14.6 Å². The molecule has 2 aromatic heterocycles. The predicted octanol–water partition coefficient (Wildman–Crippen LogP) is 4.50. The third-order valence-electron chi connectivity index (χ3n) is 6.64. The fourth-order valence-electron chi connectivity index (χ4n) is 4.34. The van der Waals surface area contributed by atoms with Crippen molar-refractivity contribution >= 4 is 22.7 Å². The molecule has 2 aromatic carbocycles. The van der Waals surface area contributed by atoms with Crippen molar-refractivity contribution in [1.82, 2.24) is 20.2 Å². The number of carbonyl (C=O) groups excluding carboxylic acids is 2. The first-order valence-electron chi connectivity index (χ1n) is 12.0. The van der Waals surface area contributed by atoms with E-state index in [4.69, 9.17) is 4.74 Å². The number of nitriles is 1. The lowest BCUT2D eigenvalue weighted by Crippen LogP contribution is -2.48. The number of hydrogen-bond acceptors (Lipinski definition) is 5. The van der Waals surface area contributed by atoms with Crippen LogP contribution in [0.1, 0.15) is 40.0 Å². The zero-order valence-electron chi connectivity index (χ0n) is 20.7. The number of amides is 2. The second-order valence-electron chi connectivity index (χ2n) is 9.25. The normalized spacial score (nSPS) is 13.9. The average Bonchev–Trinajstić information content (AvgIpc) is 3.63. The molecule has 0 spiro atoms. The number of rotatable bonds is 7. The van der Waals surface area contributed by atoms with E-state index in [0.29, 0.717) is 36.5 Å². The summed E-state index contributed by atoms with van der Waals surface area (Å²) in [5, 5.41) is 15.9. The van der Waals surface area contributed by atoms with Crippen molar-refractivity contribution in [2.45, 2.75) is 31.1 Å². The van der Waals surface area contributed by atoms with Gasteiger partial charge in [0.1, 0.15) is 23.1 Å². The van der Waals surface area contributed by atoms with E-state index in [1.54, 1.807) is 13.2 Å². The number of alkyl halides is 3. The standard InChI is InChI=1S/C28H22F3N5O3/c1-39-23-6-7-24-18(12-23)11-22(13-32)36(24)21-4-2-17(3-5-21)14-34-26(38)27(8-9-27)35-25(37)19-10-20(16-33-15-19)28(29,30)31/h2-7,10-12,15-16H,8-9,14H2,1H3,(H,34,38)(H,35,37). The highest BCUT2D eigenvalue weighted by Crippen LogP contribution is 2.36. The third-order valence-corrected chi connectivity index (χ3v) is 6.64. The maximum Gasteiger partial charge on any atom is 0.417 e. The third kappa shape index (κ3) is 5.13. The molecular weight excluding hydrogens is 511 g/mol. The zero-order valence-corrected chi connectivity index (χ0v) is 20.7. The van der Waals surface area contributed by atoms with Crippen LogP contribution in [0.3, 0.4) is 0 Å². The molecule has 8 nitrogen and oxygen atoms in total. The largest absolute Gasteiger partial charge is 0.497 e. The van der Waals surface area contributed by atoms with E-state index < -0.39 is 29.1 Å². The molecule has 2 N–H and O–H groups in total. The summed E-state index contributed by atoms with van der Waals surface area (Å²) in [4.78, 5) is 28.9. The van der Waals surface area contributed by atoms with Gasteiger partial charge in [-0.05, 0) is 60.9 Å². The van der Waals surface area contributed by atoms with Crippen LogP contribution in [0.15, 0.2) is 67.0 Å². The van der Waals surface area contributed by atoms with E-state index >= 15 is 0 Å². The van der Waals surface area contributed by atoms with Gasteiger partial charge in [-0.1, -0.05) is 12.1 Å². The molecule has 4 aromatic rings. The molecule has 39 heavy (non-hydrogen) atoms. The molecule has 5 rings (SSSR count). The first-order valence-corrected chi connectivity index (χ1v) is 12.0. The molecule has 1 aliphatic carbocycles. The van der Waals surface area contributed by atoms with Crippen LogP contribution in [0.5, 0.6) is 5.75 Å². The molecule has 0 bridgehead atoms. The van der Waals surface area contributed by atoms with Crippen molar-refractivity contribution in [1.29, 1.82) is 5.26 Å². The van der Waals surface area contributed by atoms with Crippen molar-refractivity contribution in [3.8, 4) is 17.5 Å². The van der Waals surface area contributed by atoms with Gasteiger partial charge in [-0.2, -0.15) is 18.4 Å². The number of fused-ring (bicyclic) bond motifs is 1. The maximum absolute atomic E-state index is 13.0. The number of nitrogens with one attached hydrogen (secondary N) is 2. The first-order chi connectivity index (χ1) is 18.6. The average molecular weight is 534 g/mol. The van der Waals surface area contributed by atoms with Crippen LogP contribution < -0.4 is 15.4 Å². The molecular formula is C28H22F3N5O3. The summed E-state index contributed by atoms with van der Waals surface area (Å²) in [5.74, 6) is -0.529. The zero-order chi connectivity index (χ0) is 27.8. The molecule has 0 unspecified atom stereocenters. The van der Waals surface area contributed by atoms with E-state index in [9.17, 15) is 28.0 Å². The van der Waals surface area contributed by atoms with E-state index in [2.05, 4.69) is 21.7 Å². The Bertz CT molecular complexity index is 1620. The number of halogens is 3. The summed E-state index contributed by atoms with van der Waals surface area (Å²) in [6, 6.07) is 17.6. The monoisotopic (exact) mass is 533 g/mol. The van der Waals surface area contributed by atoms with Gasteiger partial charge in [0, 0.05) is 30.0 Å². The first kappa shape index (κ1) is 25.8. The van der Waals surface area contributed by atoms with E-state index in [1.165, 1.54) is 0 Å². The Morgan fingerprint density at radius 3 is 2.49 bits per heavy atom. The molecule has 0 saturated heterocycles. The molecule has 0 radical (unpaired) electrons. The Hall–Kier alpha value is -4.85. The van der Waals surface area contributed by atoms with Gasteiger partial charge >= 0.3 is 6.18 Å². The molecule has 0 atom stereocenters. The van der Waals surface area contributed by atoms with Gasteiger partial charge in [0.2, 0.25) is 5.91 Å². The lowest BCUT2D eigenvalue weighted by molar-refractivity contribution is -0.137. The lowest BCUT2D eigenvalue weighted by atomic mass is 10.1. The minimum Gasteiger partial charge on any atom is -0.497 e. The van der Waals surface area contributed by atoms with Crippen molar-refractivity contribution in [3.05, 3.63) is 89.4 Å². The molecule has 2 heterocycles. The topological polar surface area (TPSA) is 109 Å². The Kier molecular flexibility index (Phi) is 6.48. The summed E-state index contributed by atoms with van der Waals surface area (Å²) in [6.45, 7) is 0.177. The summed E-state index contributed by atoms with van der Waals surface area (Å²) in [7, 11) is 1.58. The lowest BCUT2D eigenvalue weighted by Gasteiger charge is -2.18. The highest BCUT2D eigenvalue weighted by molar-refractivity contribution is 6.00. The molecule has 2 amide bonds. The van der Waals surface area contributed by atoms with Gasteiger partial charge < -0.3 is 19.9 Å². The van der Waals surface area contributed by atoms with Crippen LogP contribution in [0.2, 0.25) is 0 Å². The Morgan fingerprint density at radius 2 is 1.85 bits per heavy atom. The van der Waals surface area contributed by atoms with Crippen LogP contribution in [-0.4, -0.2) is 34.0 Å². The smallest absolute Gasteiger partial charge is 0.417 e. The second kappa shape index (κ2) is 9.79. The number of pyridine rings is 1. The minimum atomic E-state index is -4.63. The van der Waals surface area contributed by atoms with Crippen LogP contribution >= 0.6 is 0 Å². The van der Waals surface area contributed by atoms with E-state index in [-0.39, 0.29) is 12.1 Å². The number of methoxy groups -OCH3 is 1. The summed E-state index contributed by atoms with van der Waals surface area (Å²) < 4.78 is 46.0. The van der Waals surface area contributed by atoms with Crippen molar-refractivity contribution < 1.29 is 27.5 Å². The van der Waals surface area contributed by atoms with Gasteiger partial charge in [-0.25, -0.2) is 0 Å². The maximum atomic E-state index is 13.0. The quantitative estimate of drug-likeness (QED) is 0.364. The van der Waals surface area contributed by atoms with Crippen molar-refractivity contribution in [3.63, 3.8) is 0 Å². The molecule has 11 heteroatoms. The Labute approximate surface area is 221 Å². The Morgan fingerprint density at radius 1 is 1.10 bits per heavy atom. The van der Waals surface area contributed by atoms with Crippen molar-refractivity contribution in [2.75, 3.05) is 7.11 Å². The number of carbonyl (C=O) groups is 2. The number of aromatic nitrogens is 2. The molecule has 1 aliphatic rings. The van der Waals surface area contributed by atoms with E-state index in [0.717, 1.165) is 28.4 Å². The fourth-order valence-corrected chi connectivity index (χ4v) is 4.34. The van der Waals surface area contributed by atoms with Crippen LogP contribution in [0.4, 0.5) is 13.2 Å². The summed E-state index contributed by atoms with van der Waals surface area (Å²) in [6.07, 6.45) is -2.22. The predicted molar refractivity (Wildman–Crippen MR) is 135 cm³/mol. The highest BCUT2D eigenvalue weighted by Gasteiger charge is 2.51. The van der Waals surface area contributed by atoms with Gasteiger partial charge in [0.15, 0.2) is 0 Å². The molecule has 198 valence electrons.